The van der Waals surface area contributed by atoms with Gasteiger partial charge in [-0.25, -0.2) is 4.39 Å². The van der Waals surface area contributed by atoms with E-state index in [9.17, 15) is 14.0 Å². The molecule has 1 saturated heterocycles. The standard InChI is InChI=1S/C22H28FN3O2/c1-15(2)26-16(3)13-19(17(26)4)21(27)14-24-9-11-25(12-10-24)22(28)18-7-5-6-8-20(18)23/h5-8,13,15H,9-12,14H2,1-4H3. The van der Waals surface area contributed by atoms with Gasteiger partial charge in [0.2, 0.25) is 0 Å². The smallest absolute Gasteiger partial charge is 0.256 e. The third-order valence-corrected chi connectivity index (χ3v) is 5.43. The van der Waals surface area contributed by atoms with Gasteiger partial charge in [0.25, 0.3) is 5.91 Å². The summed E-state index contributed by atoms with van der Waals surface area (Å²) in [6, 6.07) is 8.34. The number of hydrogen-bond acceptors (Lipinski definition) is 3. The summed E-state index contributed by atoms with van der Waals surface area (Å²) in [5, 5.41) is 0. The predicted octanol–water partition coefficient (Wildman–Crippen LogP) is 3.47. The van der Waals surface area contributed by atoms with Crippen molar-refractivity contribution in [2.75, 3.05) is 32.7 Å². The molecule has 0 N–H and O–H groups in total. The summed E-state index contributed by atoms with van der Waals surface area (Å²) in [6.07, 6.45) is 0. The number of piperazine rings is 1. The van der Waals surface area contributed by atoms with Crippen LogP contribution in [0.5, 0.6) is 0 Å². The second-order valence-electron chi connectivity index (χ2n) is 7.72. The van der Waals surface area contributed by atoms with Gasteiger partial charge < -0.3 is 9.47 Å². The number of halogens is 1. The Morgan fingerprint density at radius 3 is 2.25 bits per heavy atom. The summed E-state index contributed by atoms with van der Waals surface area (Å²) >= 11 is 0. The number of Topliss-reactive ketones (excluding diaryl/α,β-unsaturated/α-hetero) is 1. The first kappa shape index (κ1) is 20.3. The normalized spacial score (nSPS) is 15.3. The molecule has 2 aromatic rings. The Bertz CT molecular complexity index is 880. The number of carbonyl (C=O) groups is 2. The average Bonchev–Trinajstić information content (AvgIpc) is 2.96. The van der Waals surface area contributed by atoms with E-state index in [1.807, 2.05) is 19.9 Å². The molecule has 1 aromatic heterocycles. The molecule has 0 aliphatic carbocycles. The van der Waals surface area contributed by atoms with Gasteiger partial charge in [0.05, 0.1) is 12.1 Å². The number of aromatic nitrogens is 1. The topological polar surface area (TPSA) is 45.6 Å². The Labute approximate surface area is 165 Å². The minimum Gasteiger partial charge on any atom is -0.346 e. The molecule has 0 radical (unpaired) electrons. The molecular weight excluding hydrogens is 357 g/mol. The number of benzene rings is 1. The molecule has 1 aromatic carbocycles. The molecule has 150 valence electrons. The van der Waals surface area contributed by atoms with E-state index in [2.05, 4.69) is 23.3 Å². The van der Waals surface area contributed by atoms with Crippen LogP contribution in [0.2, 0.25) is 0 Å². The van der Waals surface area contributed by atoms with Crippen LogP contribution in [-0.2, 0) is 0 Å². The zero-order valence-electron chi connectivity index (χ0n) is 17.0. The van der Waals surface area contributed by atoms with Crippen molar-refractivity contribution in [2.24, 2.45) is 0 Å². The molecule has 3 rings (SSSR count). The molecule has 1 fully saturated rings. The minimum absolute atomic E-state index is 0.105. The van der Waals surface area contributed by atoms with Crippen LogP contribution in [0.1, 0.15) is 52.0 Å². The van der Waals surface area contributed by atoms with Gasteiger partial charge in [-0.15, -0.1) is 0 Å². The monoisotopic (exact) mass is 385 g/mol. The highest BCUT2D eigenvalue weighted by Gasteiger charge is 2.26. The first-order valence-electron chi connectivity index (χ1n) is 9.77. The first-order chi connectivity index (χ1) is 13.3. The fourth-order valence-corrected chi connectivity index (χ4v) is 4.06. The van der Waals surface area contributed by atoms with Crippen molar-refractivity contribution in [2.45, 2.75) is 33.7 Å². The van der Waals surface area contributed by atoms with Crippen LogP contribution in [0.15, 0.2) is 30.3 Å². The molecule has 1 amide bonds. The predicted molar refractivity (Wildman–Crippen MR) is 107 cm³/mol. The van der Waals surface area contributed by atoms with Gasteiger partial charge in [0.1, 0.15) is 5.82 Å². The zero-order valence-corrected chi connectivity index (χ0v) is 17.0. The number of rotatable bonds is 5. The lowest BCUT2D eigenvalue weighted by molar-refractivity contribution is 0.0620. The maximum absolute atomic E-state index is 13.9. The Kier molecular flexibility index (Phi) is 5.98. The number of nitrogens with zero attached hydrogens (tertiary/aromatic N) is 3. The van der Waals surface area contributed by atoms with Gasteiger partial charge in [-0.05, 0) is 45.9 Å². The molecule has 6 heteroatoms. The van der Waals surface area contributed by atoms with Crippen LogP contribution in [0.3, 0.4) is 0 Å². The maximum atomic E-state index is 13.9. The molecule has 1 aliphatic rings. The lowest BCUT2D eigenvalue weighted by Crippen LogP contribution is -2.50. The third kappa shape index (κ3) is 4.02. The second kappa shape index (κ2) is 8.27. The SMILES string of the molecule is Cc1cc(C(=O)CN2CCN(C(=O)c3ccccc3F)CC2)c(C)n1C(C)C. The molecule has 1 aliphatic heterocycles. The van der Waals surface area contributed by atoms with Crippen LogP contribution in [0.4, 0.5) is 4.39 Å². The minimum atomic E-state index is -0.495. The van der Waals surface area contributed by atoms with Crippen LogP contribution in [0.25, 0.3) is 0 Å². The number of hydrogen-bond donors (Lipinski definition) is 0. The highest BCUT2D eigenvalue weighted by atomic mass is 19.1. The average molecular weight is 385 g/mol. The largest absolute Gasteiger partial charge is 0.346 e. The van der Waals surface area contributed by atoms with E-state index in [0.717, 1.165) is 17.0 Å². The van der Waals surface area contributed by atoms with Gasteiger partial charge in [-0.2, -0.15) is 0 Å². The van der Waals surface area contributed by atoms with Gasteiger partial charge in [0.15, 0.2) is 5.78 Å². The molecule has 0 unspecified atom stereocenters. The van der Waals surface area contributed by atoms with E-state index in [1.54, 1.807) is 17.0 Å². The van der Waals surface area contributed by atoms with E-state index in [-0.39, 0.29) is 17.3 Å². The number of aryl methyl sites for hydroxylation is 1. The van der Waals surface area contributed by atoms with Gasteiger partial charge in [-0.1, -0.05) is 12.1 Å². The van der Waals surface area contributed by atoms with Crippen molar-refractivity contribution in [3.8, 4) is 0 Å². The fourth-order valence-electron chi connectivity index (χ4n) is 4.06. The van der Waals surface area contributed by atoms with Gasteiger partial charge in [-0.3, -0.25) is 14.5 Å². The number of amides is 1. The highest BCUT2D eigenvalue weighted by molar-refractivity contribution is 5.99. The van der Waals surface area contributed by atoms with Crippen LogP contribution >= 0.6 is 0 Å². The van der Waals surface area contributed by atoms with E-state index < -0.39 is 5.82 Å². The Balaban J connectivity index is 1.60. The summed E-state index contributed by atoms with van der Waals surface area (Å²) in [5.41, 5.74) is 2.98. The fraction of sp³-hybridized carbons (Fsp3) is 0.455. The summed E-state index contributed by atoms with van der Waals surface area (Å²) in [7, 11) is 0. The Hall–Kier alpha value is -2.47. The quantitative estimate of drug-likeness (QED) is 0.741. The van der Waals surface area contributed by atoms with Crippen molar-refractivity contribution in [3.63, 3.8) is 0 Å². The Morgan fingerprint density at radius 1 is 1.04 bits per heavy atom. The number of carbonyl (C=O) groups excluding carboxylic acids is 2. The lowest BCUT2D eigenvalue weighted by Gasteiger charge is -2.34. The van der Waals surface area contributed by atoms with Gasteiger partial charge >= 0.3 is 0 Å². The third-order valence-electron chi connectivity index (χ3n) is 5.43. The van der Waals surface area contributed by atoms with Crippen molar-refractivity contribution in [1.82, 2.24) is 14.4 Å². The summed E-state index contributed by atoms with van der Waals surface area (Å²) in [5.74, 6) is -0.677. The first-order valence-corrected chi connectivity index (χ1v) is 9.77. The van der Waals surface area contributed by atoms with Crippen LogP contribution in [-0.4, -0.2) is 58.8 Å². The summed E-state index contributed by atoms with van der Waals surface area (Å²) in [6.45, 7) is 10.8. The van der Waals surface area contributed by atoms with E-state index in [0.29, 0.717) is 38.8 Å². The molecule has 2 heterocycles. The molecule has 0 saturated carbocycles. The highest BCUT2D eigenvalue weighted by Crippen LogP contribution is 2.21. The van der Waals surface area contributed by atoms with Crippen LogP contribution in [0, 0.1) is 19.7 Å². The van der Waals surface area contributed by atoms with E-state index >= 15 is 0 Å². The van der Waals surface area contributed by atoms with Crippen molar-refractivity contribution >= 4 is 11.7 Å². The van der Waals surface area contributed by atoms with Crippen LogP contribution < -0.4 is 0 Å². The molecule has 0 spiro atoms. The summed E-state index contributed by atoms with van der Waals surface area (Å²) < 4.78 is 16.0. The second-order valence-corrected chi connectivity index (χ2v) is 7.72. The number of ketones is 1. The van der Waals surface area contributed by atoms with Crippen molar-refractivity contribution < 1.29 is 14.0 Å². The molecular formula is C22H28FN3O2. The zero-order chi connectivity index (χ0) is 20.4. The van der Waals surface area contributed by atoms with E-state index in [4.69, 9.17) is 0 Å². The summed E-state index contributed by atoms with van der Waals surface area (Å²) in [4.78, 5) is 29.1. The van der Waals surface area contributed by atoms with E-state index in [1.165, 1.54) is 12.1 Å². The molecule has 0 atom stereocenters. The molecule has 5 nitrogen and oxygen atoms in total. The van der Waals surface area contributed by atoms with Gasteiger partial charge in [0, 0.05) is 49.2 Å². The molecule has 0 bridgehead atoms. The lowest BCUT2D eigenvalue weighted by atomic mass is 10.1. The molecule has 28 heavy (non-hydrogen) atoms. The Morgan fingerprint density at radius 2 is 1.68 bits per heavy atom. The van der Waals surface area contributed by atoms with Crippen molar-refractivity contribution in [3.05, 3.63) is 58.7 Å². The van der Waals surface area contributed by atoms with Crippen molar-refractivity contribution in [1.29, 1.82) is 0 Å². The maximum Gasteiger partial charge on any atom is 0.256 e.